The fourth-order valence-electron chi connectivity index (χ4n) is 4.86. The molecule has 0 bridgehead atoms. The summed E-state index contributed by atoms with van der Waals surface area (Å²) in [4.78, 5) is 9.92. The van der Waals surface area contributed by atoms with Gasteiger partial charge in [-0.1, -0.05) is 20.8 Å². The molecule has 0 spiro atoms. The maximum Gasteiger partial charge on any atom is 0.112 e. The highest BCUT2D eigenvalue weighted by molar-refractivity contribution is 6.15. The number of hydrogen-bond acceptors (Lipinski definition) is 13. The van der Waals surface area contributed by atoms with Crippen molar-refractivity contribution in [2.75, 3.05) is 157 Å². The predicted octanol–water partition coefficient (Wildman–Crippen LogP) is -4.45. The van der Waals surface area contributed by atoms with Gasteiger partial charge in [0, 0.05) is 137 Å². The van der Waals surface area contributed by atoms with E-state index in [1.807, 2.05) is 0 Å². The van der Waals surface area contributed by atoms with Gasteiger partial charge in [0.25, 0.3) is 0 Å². The molecule has 0 aromatic carbocycles. The first-order valence-electron chi connectivity index (χ1n) is 16.8. The van der Waals surface area contributed by atoms with Crippen molar-refractivity contribution in [1.29, 1.82) is 0 Å². The molecule has 0 saturated carbocycles. The molecular weight excluding hydrogens is 541 g/mol. The van der Waals surface area contributed by atoms with Crippen molar-refractivity contribution >= 4 is 7.85 Å². The zero-order chi connectivity index (χ0) is 32.4. The van der Waals surface area contributed by atoms with E-state index >= 15 is 0 Å². The van der Waals surface area contributed by atoms with E-state index in [1.54, 1.807) is 0 Å². The van der Waals surface area contributed by atoms with E-state index in [1.165, 1.54) is 0 Å². The number of hydrogen-bond donors (Lipinski definition) is 9. The van der Waals surface area contributed by atoms with Gasteiger partial charge in [-0.15, -0.1) is 0 Å². The van der Waals surface area contributed by atoms with Crippen LogP contribution >= 0.6 is 0 Å². The first-order chi connectivity index (χ1) is 20.6. The molecule has 14 heteroatoms. The summed E-state index contributed by atoms with van der Waals surface area (Å²) < 4.78 is 0. The Morgan fingerprint density at radius 2 is 0.860 bits per heavy atom. The highest BCUT2D eigenvalue weighted by Gasteiger charge is 2.20. The first-order valence-corrected chi connectivity index (χ1v) is 16.8. The monoisotopic (exact) mass is 616 g/mol. The normalized spacial score (nSPS) is 14.1. The summed E-state index contributed by atoms with van der Waals surface area (Å²) in [5.41, 5.74) is 35.3. The fourth-order valence-corrected chi connectivity index (χ4v) is 4.86. The number of nitrogens with two attached hydrogens (primary N) is 6. The highest BCUT2D eigenvalue weighted by Crippen LogP contribution is 2.15. The second-order valence-electron chi connectivity index (χ2n) is 13.4. The number of nitrogens with zero attached hydrogens (tertiary/aromatic N) is 4. The van der Waals surface area contributed by atoms with Gasteiger partial charge in [-0.25, -0.2) is 0 Å². The molecule has 0 amide bonds. The summed E-state index contributed by atoms with van der Waals surface area (Å²) >= 11 is 0. The second-order valence-corrected chi connectivity index (χ2v) is 13.4. The Labute approximate surface area is 266 Å². The lowest BCUT2D eigenvalue weighted by molar-refractivity contribution is 0.175. The van der Waals surface area contributed by atoms with Crippen LogP contribution in [-0.4, -0.2) is 185 Å². The average Bonchev–Trinajstić information content (AvgIpc) is 2.97. The molecule has 15 N–H and O–H groups in total. The van der Waals surface area contributed by atoms with Crippen LogP contribution in [0.3, 0.4) is 0 Å². The van der Waals surface area contributed by atoms with Crippen LogP contribution in [-0.2, 0) is 0 Å². The van der Waals surface area contributed by atoms with Crippen molar-refractivity contribution in [2.24, 2.45) is 39.8 Å². The molecule has 0 radical (unpaired) electrons. The largest absolute Gasteiger partial charge is 0.331 e. The summed E-state index contributed by atoms with van der Waals surface area (Å²) in [6.07, 6.45) is 0. The third kappa shape index (κ3) is 24.5. The van der Waals surface area contributed by atoms with Crippen molar-refractivity contribution in [3.63, 3.8) is 0 Å². The molecule has 1 unspecified atom stereocenters. The summed E-state index contributed by atoms with van der Waals surface area (Å²) in [5, 5.41) is 10.9. The lowest BCUT2D eigenvalue weighted by Gasteiger charge is -2.32. The summed E-state index contributed by atoms with van der Waals surface area (Å²) in [6, 6.07) is 0. The van der Waals surface area contributed by atoms with Gasteiger partial charge >= 0.3 is 0 Å². The minimum Gasteiger partial charge on any atom is -0.331 e. The summed E-state index contributed by atoms with van der Waals surface area (Å²) in [6.45, 7) is 27.7. The Balaban J connectivity index is 5.03. The Kier molecular flexibility index (Phi) is 26.4. The zero-order valence-corrected chi connectivity index (χ0v) is 28.7. The van der Waals surface area contributed by atoms with E-state index in [-0.39, 0.29) is 10.7 Å². The highest BCUT2D eigenvalue weighted by atomic mass is 15.2. The topological polar surface area (TPSA) is 205 Å². The van der Waals surface area contributed by atoms with Crippen LogP contribution in [0, 0.1) is 5.41 Å². The van der Waals surface area contributed by atoms with E-state index < -0.39 is 0 Å². The van der Waals surface area contributed by atoms with Crippen molar-refractivity contribution in [3.05, 3.63) is 0 Å². The van der Waals surface area contributed by atoms with Gasteiger partial charge in [0.05, 0.1) is 0 Å². The standard InChI is InChI=1S/C29H74BN13/c1-28(2,24-35)27-43(15-7-34)19-11-38-10-17-41(16-9-37-8-4-31)21-23-42(18-12-39-26-29(3,30)25-36)22-20-40(13-5-32)14-6-33/h37-39H,4-27,30-36H2,1-3H3. The van der Waals surface area contributed by atoms with Crippen LogP contribution in [0.15, 0.2) is 0 Å². The molecule has 0 heterocycles. The third-order valence-corrected chi connectivity index (χ3v) is 7.90. The Bertz CT molecular complexity index is 609. The average molecular weight is 616 g/mol. The van der Waals surface area contributed by atoms with Gasteiger partial charge in [-0.2, -0.15) is 0 Å². The molecule has 0 aliphatic heterocycles. The minimum atomic E-state index is 0.0934. The number of rotatable bonds is 32. The summed E-state index contributed by atoms with van der Waals surface area (Å²) in [7, 11) is 2.20. The molecule has 13 nitrogen and oxygen atoms in total. The lowest BCUT2D eigenvalue weighted by Crippen LogP contribution is -2.47. The van der Waals surface area contributed by atoms with E-state index in [4.69, 9.17) is 34.4 Å². The Hall–Kier alpha value is -0.455. The van der Waals surface area contributed by atoms with Gasteiger partial charge in [0.15, 0.2) is 0 Å². The van der Waals surface area contributed by atoms with E-state index in [2.05, 4.69) is 64.2 Å². The Morgan fingerprint density at radius 1 is 0.465 bits per heavy atom. The molecule has 0 aromatic rings. The van der Waals surface area contributed by atoms with Gasteiger partial charge in [0.2, 0.25) is 0 Å². The van der Waals surface area contributed by atoms with Crippen LogP contribution in [0.25, 0.3) is 0 Å². The Morgan fingerprint density at radius 3 is 1.30 bits per heavy atom. The SMILES string of the molecule is BC(C)(CN)CNCCN(CCN(CCN)CCN)CCN(CCNCCN)CCNCCN(CCN)CC(C)(C)CN. The smallest absolute Gasteiger partial charge is 0.112 e. The van der Waals surface area contributed by atoms with Crippen LogP contribution in [0.4, 0.5) is 0 Å². The second kappa shape index (κ2) is 26.7. The van der Waals surface area contributed by atoms with E-state index in [0.717, 1.165) is 118 Å². The fraction of sp³-hybridized carbons (Fsp3) is 1.00. The van der Waals surface area contributed by atoms with Gasteiger partial charge in [-0.05, 0) is 30.4 Å². The molecule has 0 aliphatic carbocycles. The van der Waals surface area contributed by atoms with Crippen LogP contribution in [0.1, 0.15) is 20.8 Å². The predicted molar refractivity (Wildman–Crippen MR) is 189 cm³/mol. The molecule has 1 atom stereocenters. The first kappa shape index (κ1) is 42.5. The van der Waals surface area contributed by atoms with E-state index in [0.29, 0.717) is 39.3 Å². The van der Waals surface area contributed by atoms with Crippen molar-refractivity contribution in [2.45, 2.75) is 26.1 Å². The van der Waals surface area contributed by atoms with Crippen molar-refractivity contribution < 1.29 is 0 Å². The maximum atomic E-state index is 5.97. The molecule has 0 aliphatic rings. The molecular formula is C29H74BN13. The van der Waals surface area contributed by atoms with Gasteiger partial charge in [0.1, 0.15) is 7.85 Å². The van der Waals surface area contributed by atoms with E-state index in [9.17, 15) is 0 Å². The van der Waals surface area contributed by atoms with Gasteiger partial charge in [-0.3, -0.25) is 14.7 Å². The van der Waals surface area contributed by atoms with Crippen molar-refractivity contribution in [1.82, 2.24) is 35.6 Å². The molecule has 0 aromatic heterocycles. The molecule has 0 saturated heterocycles. The van der Waals surface area contributed by atoms with Crippen LogP contribution < -0.4 is 50.4 Å². The summed E-state index contributed by atoms with van der Waals surface area (Å²) in [5.74, 6) is 0. The van der Waals surface area contributed by atoms with Gasteiger partial charge < -0.3 is 55.3 Å². The third-order valence-electron chi connectivity index (χ3n) is 7.90. The molecule has 258 valence electrons. The molecule has 0 rings (SSSR count). The minimum absolute atomic E-state index is 0.0934. The maximum absolute atomic E-state index is 5.97. The number of nitrogens with one attached hydrogen (secondary N) is 3. The quantitative estimate of drug-likeness (QED) is 0.0259. The van der Waals surface area contributed by atoms with Crippen LogP contribution in [0.5, 0.6) is 0 Å². The van der Waals surface area contributed by atoms with Crippen LogP contribution in [0.2, 0.25) is 5.31 Å². The zero-order valence-electron chi connectivity index (χ0n) is 28.7. The lowest BCUT2D eigenvalue weighted by atomic mass is 9.70. The molecule has 43 heavy (non-hydrogen) atoms. The molecule has 0 fully saturated rings. The van der Waals surface area contributed by atoms with Crippen molar-refractivity contribution in [3.8, 4) is 0 Å².